The van der Waals surface area contributed by atoms with Crippen molar-refractivity contribution >= 4 is 11.7 Å². The number of oxime groups is 1. The van der Waals surface area contributed by atoms with Crippen LogP contribution < -0.4 is 5.73 Å². The Kier molecular flexibility index (Phi) is 6.49. The Morgan fingerprint density at radius 3 is 3.06 bits per heavy atom. The molecule has 0 aromatic carbocycles. The number of carbonyl (C=O) groups excluding carboxylic acids is 1. The lowest BCUT2D eigenvalue weighted by atomic mass is 9.97. The Hall–Kier alpha value is -1.30. The maximum Gasteiger partial charge on any atom is 0.222 e. The SMILES string of the molecule is CCOCCCC(=O)N1CCCC(C(N)=NO)C1. The number of amides is 1. The van der Waals surface area contributed by atoms with Gasteiger partial charge in [-0.1, -0.05) is 5.16 Å². The van der Waals surface area contributed by atoms with Gasteiger partial charge < -0.3 is 20.6 Å². The smallest absolute Gasteiger partial charge is 0.222 e. The summed E-state index contributed by atoms with van der Waals surface area (Å²) in [6.07, 6.45) is 3.02. The van der Waals surface area contributed by atoms with Gasteiger partial charge in [-0.2, -0.15) is 0 Å². The molecule has 0 bridgehead atoms. The van der Waals surface area contributed by atoms with Crippen LogP contribution in [-0.4, -0.2) is 48.2 Å². The highest BCUT2D eigenvalue weighted by Gasteiger charge is 2.25. The Bertz CT molecular complexity index is 294. The van der Waals surface area contributed by atoms with Crippen LogP contribution in [0.2, 0.25) is 0 Å². The van der Waals surface area contributed by atoms with E-state index < -0.39 is 0 Å². The first-order chi connectivity index (χ1) is 8.69. The predicted molar refractivity (Wildman–Crippen MR) is 68.4 cm³/mol. The lowest BCUT2D eigenvalue weighted by molar-refractivity contribution is -0.132. The zero-order chi connectivity index (χ0) is 13.4. The summed E-state index contributed by atoms with van der Waals surface area (Å²) in [6.45, 7) is 4.57. The minimum atomic E-state index is -0.0143. The number of carbonyl (C=O) groups is 1. The number of nitrogens with two attached hydrogens (primary N) is 1. The van der Waals surface area contributed by atoms with E-state index in [1.807, 2.05) is 6.92 Å². The van der Waals surface area contributed by atoms with Crippen molar-refractivity contribution in [2.75, 3.05) is 26.3 Å². The van der Waals surface area contributed by atoms with E-state index in [4.69, 9.17) is 15.7 Å². The van der Waals surface area contributed by atoms with Gasteiger partial charge >= 0.3 is 0 Å². The molecule has 1 atom stereocenters. The molecule has 6 heteroatoms. The molecule has 1 unspecified atom stereocenters. The van der Waals surface area contributed by atoms with Crippen molar-refractivity contribution in [1.29, 1.82) is 0 Å². The number of hydrogen-bond acceptors (Lipinski definition) is 4. The number of piperidine rings is 1. The fraction of sp³-hybridized carbons (Fsp3) is 0.833. The number of rotatable bonds is 6. The number of amidine groups is 1. The highest BCUT2D eigenvalue weighted by molar-refractivity contribution is 5.83. The molecule has 0 aromatic heterocycles. The second-order valence-corrected chi connectivity index (χ2v) is 4.50. The third kappa shape index (κ3) is 4.52. The lowest BCUT2D eigenvalue weighted by Crippen LogP contribution is -2.44. The molecule has 1 rings (SSSR count). The van der Waals surface area contributed by atoms with Crippen LogP contribution in [0.3, 0.4) is 0 Å². The van der Waals surface area contributed by atoms with Gasteiger partial charge in [-0.15, -0.1) is 0 Å². The monoisotopic (exact) mass is 257 g/mol. The first-order valence-electron chi connectivity index (χ1n) is 6.52. The lowest BCUT2D eigenvalue weighted by Gasteiger charge is -2.32. The minimum absolute atomic E-state index is 0.0143. The molecule has 6 nitrogen and oxygen atoms in total. The fourth-order valence-corrected chi connectivity index (χ4v) is 2.15. The third-order valence-corrected chi connectivity index (χ3v) is 3.19. The molecule has 1 aliphatic rings. The summed E-state index contributed by atoms with van der Waals surface area (Å²) in [7, 11) is 0. The van der Waals surface area contributed by atoms with Gasteiger partial charge in [0.25, 0.3) is 0 Å². The Morgan fingerprint density at radius 1 is 1.61 bits per heavy atom. The summed E-state index contributed by atoms with van der Waals surface area (Å²) in [6, 6.07) is 0. The van der Waals surface area contributed by atoms with E-state index in [1.165, 1.54) is 0 Å². The van der Waals surface area contributed by atoms with Crippen LogP contribution in [0.4, 0.5) is 0 Å². The molecule has 3 N–H and O–H groups in total. The molecule has 18 heavy (non-hydrogen) atoms. The summed E-state index contributed by atoms with van der Waals surface area (Å²) < 4.78 is 5.21. The van der Waals surface area contributed by atoms with Crippen molar-refractivity contribution in [3.05, 3.63) is 0 Å². The number of hydrogen-bond donors (Lipinski definition) is 2. The molecule has 1 saturated heterocycles. The van der Waals surface area contributed by atoms with Crippen LogP contribution >= 0.6 is 0 Å². The Labute approximate surface area is 108 Å². The van der Waals surface area contributed by atoms with Crippen molar-refractivity contribution in [1.82, 2.24) is 4.90 Å². The number of likely N-dealkylation sites (tertiary alicyclic amines) is 1. The van der Waals surface area contributed by atoms with Crippen molar-refractivity contribution in [3.8, 4) is 0 Å². The van der Waals surface area contributed by atoms with Gasteiger partial charge in [0.2, 0.25) is 5.91 Å². The summed E-state index contributed by atoms with van der Waals surface area (Å²) >= 11 is 0. The topological polar surface area (TPSA) is 88.2 Å². The quantitative estimate of drug-likeness (QED) is 0.242. The molecule has 0 aliphatic carbocycles. The molecule has 1 heterocycles. The molecule has 1 fully saturated rings. The molecule has 0 radical (unpaired) electrons. The summed E-state index contributed by atoms with van der Waals surface area (Å²) in [5.41, 5.74) is 5.59. The van der Waals surface area contributed by atoms with E-state index in [1.54, 1.807) is 4.90 Å². The van der Waals surface area contributed by atoms with Gasteiger partial charge in [0.1, 0.15) is 5.84 Å². The minimum Gasteiger partial charge on any atom is -0.409 e. The maximum absolute atomic E-state index is 11.9. The van der Waals surface area contributed by atoms with Gasteiger partial charge in [-0.05, 0) is 26.2 Å². The average molecular weight is 257 g/mol. The first kappa shape index (κ1) is 14.8. The number of nitrogens with zero attached hydrogens (tertiary/aromatic N) is 2. The van der Waals surface area contributed by atoms with Crippen LogP contribution in [0.15, 0.2) is 5.16 Å². The van der Waals surface area contributed by atoms with Gasteiger partial charge in [0, 0.05) is 38.6 Å². The molecule has 1 aliphatic heterocycles. The second-order valence-electron chi connectivity index (χ2n) is 4.50. The third-order valence-electron chi connectivity index (χ3n) is 3.19. The molecular formula is C12H23N3O3. The van der Waals surface area contributed by atoms with E-state index in [9.17, 15) is 4.79 Å². The molecule has 104 valence electrons. The van der Waals surface area contributed by atoms with Gasteiger partial charge in [-0.25, -0.2) is 0 Å². The van der Waals surface area contributed by atoms with Gasteiger partial charge in [-0.3, -0.25) is 4.79 Å². The maximum atomic E-state index is 11.9. The average Bonchev–Trinajstić information content (AvgIpc) is 2.42. The number of ether oxygens (including phenoxy) is 1. The highest BCUT2D eigenvalue weighted by atomic mass is 16.5. The second kappa shape index (κ2) is 7.92. The fourth-order valence-electron chi connectivity index (χ4n) is 2.15. The summed E-state index contributed by atoms with van der Waals surface area (Å²) in [5, 5.41) is 11.7. The van der Waals surface area contributed by atoms with E-state index in [0.29, 0.717) is 26.2 Å². The normalized spacial score (nSPS) is 21.1. The van der Waals surface area contributed by atoms with Crippen molar-refractivity contribution in [2.24, 2.45) is 16.8 Å². The van der Waals surface area contributed by atoms with Crippen LogP contribution in [0, 0.1) is 5.92 Å². The zero-order valence-electron chi connectivity index (χ0n) is 11.0. The van der Waals surface area contributed by atoms with Gasteiger partial charge in [0.05, 0.1) is 0 Å². The molecule has 1 amide bonds. The standard InChI is InChI=1S/C12H23N3O3/c1-2-18-8-4-6-11(16)15-7-3-5-10(9-15)12(13)14-17/h10,17H,2-9H2,1H3,(H2,13,14). The van der Waals surface area contributed by atoms with Crippen molar-refractivity contribution in [2.45, 2.75) is 32.6 Å². The van der Waals surface area contributed by atoms with E-state index in [-0.39, 0.29) is 17.7 Å². The first-order valence-corrected chi connectivity index (χ1v) is 6.52. The molecule has 0 saturated carbocycles. The highest BCUT2D eigenvalue weighted by Crippen LogP contribution is 2.17. The summed E-state index contributed by atoms with van der Waals surface area (Å²) in [4.78, 5) is 13.7. The van der Waals surface area contributed by atoms with E-state index in [2.05, 4.69) is 5.16 Å². The van der Waals surface area contributed by atoms with E-state index in [0.717, 1.165) is 25.8 Å². The van der Waals surface area contributed by atoms with Crippen molar-refractivity contribution in [3.63, 3.8) is 0 Å². The Morgan fingerprint density at radius 2 is 2.39 bits per heavy atom. The van der Waals surface area contributed by atoms with Crippen LogP contribution in [0.5, 0.6) is 0 Å². The van der Waals surface area contributed by atoms with Crippen molar-refractivity contribution < 1.29 is 14.7 Å². The predicted octanol–water partition coefficient (Wildman–Crippen LogP) is 0.788. The zero-order valence-corrected chi connectivity index (χ0v) is 11.0. The van der Waals surface area contributed by atoms with Crippen LogP contribution in [0.25, 0.3) is 0 Å². The molecular weight excluding hydrogens is 234 g/mol. The summed E-state index contributed by atoms with van der Waals surface area (Å²) in [5.74, 6) is 0.339. The Balaban J connectivity index is 2.34. The van der Waals surface area contributed by atoms with Crippen LogP contribution in [-0.2, 0) is 9.53 Å². The van der Waals surface area contributed by atoms with E-state index >= 15 is 0 Å². The van der Waals surface area contributed by atoms with Gasteiger partial charge in [0.15, 0.2) is 0 Å². The largest absolute Gasteiger partial charge is 0.409 e. The molecule has 0 aromatic rings. The molecule has 0 spiro atoms. The van der Waals surface area contributed by atoms with Crippen LogP contribution in [0.1, 0.15) is 32.6 Å².